The van der Waals surface area contributed by atoms with Gasteiger partial charge in [-0.1, -0.05) is 21.6 Å². The van der Waals surface area contributed by atoms with Gasteiger partial charge in [0, 0.05) is 34.1 Å². The molecule has 0 aromatic heterocycles. The second-order valence-corrected chi connectivity index (χ2v) is 13.0. The predicted octanol–water partition coefficient (Wildman–Crippen LogP) is 0.560. The topological polar surface area (TPSA) is 197 Å². The van der Waals surface area contributed by atoms with Gasteiger partial charge in [-0.3, -0.25) is 19.2 Å². The van der Waals surface area contributed by atoms with Crippen LogP contribution in [0, 0.1) is 0 Å². The highest BCUT2D eigenvalue weighted by Crippen LogP contribution is 2.25. The second kappa shape index (κ2) is 19.6. The summed E-state index contributed by atoms with van der Waals surface area (Å²) in [6.07, 6.45) is 0. The molecule has 0 spiro atoms. The number of amides is 2. The first-order chi connectivity index (χ1) is 19.0. The van der Waals surface area contributed by atoms with Crippen molar-refractivity contribution in [1.29, 1.82) is 0 Å². The van der Waals surface area contributed by atoms with Crippen LogP contribution in [0.2, 0.25) is 0 Å². The molecule has 12 nitrogen and oxygen atoms in total. The van der Waals surface area contributed by atoms with Crippen molar-refractivity contribution in [2.24, 2.45) is 11.5 Å². The van der Waals surface area contributed by atoms with Gasteiger partial charge >= 0.3 is 11.9 Å². The summed E-state index contributed by atoms with van der Waals surface area (Å²) in [5.41, 5.74) is 11.5. The molecule has 0 aliphatic carbocycles. The lowest BCUT2D eigenvalue weighted by atomic mass is 10.1. The largest absolute Gasteiger partial charge is 0.467 e. The van der Waals surface area contributed by atoms with Crippen molar-refractivity contribution < 1.29 is 38.2 Å². The highest BCUT2D eigenvalue weighted by molar-refractivity contribution is 8.82. The van der Waals surface area contributed by atoms with Gasteiger partial charge in [-0.25, -0.2) is 9.59 Å². The number of hydrogen-bond acceptors (Lipinski definition) is 16. The van der Waals surface area contributed by atoms with E-state index in [0.717, 1.165) is 43.2 Å². The van der Waals surface area contributed by atoms with Gasteiger partial charge in [-0.05, 0) is 45.9 Å². The van der Waals surface area contributed by atoms with E-state index in [-0.39, 0.29) is 44.4 Å². The first-order valence-corrected chi connectivity index (χ1v) is 17.2. The monoisotopic (exact) mass is 670 g/mol. The number of carbonyl (C=O) groups excluding carboxylic acids is 6. The molecule has 2 unspecified atom stereocenters. The molecule has 1 aromatic carbocycles. The summed E-state index contributed by atoms with van der Waals surface area (Å²) in [6.45, 7) is 0. The van der Waals surface area contributed by atoms with Crippen LogP contribution in [0.4, 0.5) is 0 Å². The summed E-state index contributed by atoms with van der Waals surface area (Å²) >= 11 is 7.93. The standard InChI is InChI=1S/C22H30N4O8S6/c1-33-19(29)15(9-37-39-21(31)13(23)7-35)25-17(27)11-3-5-12(6-4-11)18(28)26-16(20(30)34-2)10-38-40-22(32)14(24)8-36/h3-6,13-16,35-36H,7-10,23-24H2,1-2H3,(H,25,27)(H,26,28)/t13-,14-,15?,16?/m0/s1. The number of hydrogen-bond donors (Lipinski definition) is 6. The summed E-state index contributed by atoms with van der Waals surface area (Å²) < 4.78 is 9.46. The van der Waals surface area contributed by atoms with Crippen molar-refractivity contribution >= 4 is 102 Å². The molecule has 40 heavy (non-hydrogen) atoms. The molecule has 18 heteroatoms. The number of nitrogens with two attached hydrogens (primary N) is 2. The van der Waals surface area contributed by atoms with Gasteiger partial charge in [-0.2, -0.15) is 25.3 Å². The minimum absolute atomic E-state index is 0.0337. The van der Waals surface area contributed by atoms with E-state index in [1.807, 2.05) is 0 Å². The van der Waals surface area contributed by atoms with Crippen LogP contribution in [-0.2, 0) is 28.7 Å². The molecule has 0 aliphatic heterocycles. The Morgan fingerprint density at radius 3 is 1.32 bits per heavy atom. The van der Waals surface area contributed by atoms with E-state index in [1.54, 1.807) is 0 Å². The molecule has 0 heterocycles. The average Bonchev–Trinajstić information content (AvgIpc) is 2.97. The maximum Gasteiger partial charge on any atom is 0.329 e. The normalized spacial score (nSPS) is 13.8. The van der Waals surface area contributed by atoms with Crippen molar-refractivity contribution in [2.45, 2.75) is 24.2 Å². The molecule has 1 aromatic rings. The molecule has 0 bridgehead atoms. The third-order valence-electron chi connectivity index (χ3n) is 4.74. The zero-order valence-electron chi connectivity index (χ0n) is 21.4. The Morgan fingerprint density at radius 2 is 1.05 bits per heavy atom. The van der Waals surface area contributed by atoms with E-state index in [9.17, 15) is 28.8 Å². The SMILES string of the molecule is COC(=O)C(CSSC(=O)[C@@H](N)CS)NC(=O)c1ccc(C(=O)NC(CSSC(=O)[C@@H](N)CS)C(=O)OC)cc1. The smallest absolute Gasteiger partial charge is 0.329 e. The van der Waals surface area contributed by atoms with E-state index in [0.29, 0.717) is 0 Å². The number of rotatable bonds is 16. The third-order valence-corrected chi connectivity index (χ3v) is 10.1. The number of carbonyl (C=O) groups is 6. The Bertz CT molecular complexity index is 968. The fraction of sp³-hybridized carbons (Fsp3) is 0.455. The maximum absolute atomic E-state index is 12.7. The van der Waals surface area contributed by atoms with Crippen LogP contribution in [0.25, 0.3) is 0 Å². The average molecular weight is 671 g/mol. The molecular formula is C22H30N4O8S6. The molecule has 0 fully saturated rings. The molecule has 0 saturated carbocycles. The quantitative estimate of drug-likeness (QED) is 0.0811. The molecule has 0 radical (unpaired) electrons. The molecule has 4 atom stereocenters. The van der Waals surface area contributed by atoms with Gasteiger partial charge in [-0.15, -0.1) is 0 Å². The fourth-order valence-electron chi connectivity index (χ4n) is 2.47. The highest BCUT2D eigenvalue weighted by atomic mass is 33.1. The lowest BCUT2D eigenvalue weighted by Gasteiger charge is -2.17. The third kappa shape index (κ3) is 12.5. The molecule has 1 rings (SSSR count). The molecule has 0 aliphatic rings. The van der Waals surface area contributed by atoms with Crippen LogP contribution in [0.5, 0.6) is 0 Å². The van der Waals surface area contributed by atoms with Crippen molar-refractivity contribution in [3.8, 4) is 0 Å². The minimum Gasteiger partial charge on any atom is -0.467 e. The molecule has 222 valence electrons. The Hall–Kier alpha value is -1.54. The molecular weight excluding hydrogens is 641 g/mol. The number of ether oxygens (including phenoxy) is 2. The lowest BCUT2D eigenvalue weighted by molar-refractivity contribution is -0.143. The minimum atomic E-state index is -1.05. The summed E-state index contributed by atoms with van der Waals surface area (Å²) in [7, 11) is 6.11. The summed E-state index contributed by atoms with van der Waals surface area (Å²) in [5, 5.41) is 4.44. The van der Waals surface area contributed by atoms with Gasteiger partial charge < -0.3 is 31.6 Å². The van der Waals surface area contributed by atoms with Crippen LogP contribution < -0.4 is 22.1 Å². The summed E-state index contributed by atoms with van der Waals surface area (Å²) in [4.78, 5) is 73.4. The fourth-order valence-corrected chi connectivity index (χ4v) is 7.21. The zero-order valence-corrected chi connectivity index (χ0v) is 26.5. The van der Waals surface area contributed by atoms with Gasteiger partial charge in [0.25, 0.3) is 11.8 Å². The van der Waals surface area contributed by atoms with Crippen molar-refractivity contribution in [2.75, 3.05) is 37.2 Å². The van der Waals surface area contributed by atoms with Crippen LogP contribution >= 0.6 is 68.4 Å². The Labute approximate surface area is 258 Å². The van der Waals surface area contributed by atoms with E-state index in [2.05, 4.69) is 35.9 Å². The van der Waals surface area contributed by atoms with Crippen LogP contribution in [0.15, 0.2) is 24.3 Å². The van der Waals surface area contributed by atoms with Crippen LogP contribution in [-0.4, -0.2) is 95.4 Å². The Morgan fingerprint density at radius 1 is 0.725 bits per heavy atom. The van der Waals surface area contributed by atoms with E-state index in [1.165, 1.54) is 38.5 Å². The summed E-state index contributed by atoms with van der Waals surface area (Å²) in [5.74, 6) is -2.23. The number of benzene rings is 1. The number of thiol groups is 2. The first kappa shape index (κ1) is 36.5. The Balaban J connectivity index is 2.79. The molecule has 0 saturated heterocycles. The number of nitrogens with one attached hydrogen (secondary N) is 2. The van der Waals surface area contributed by atoms with Crippen LogP contribution in [0.3, 0.4) is 0 Å². The Kier molecular flexibility index (Phi) is 17.8. The van der Waals surface area contributed by atoms with Gasteiger partial charge in [0.1, 0.15) is 12.1 Å². The molecule has 6 N–H and O–H groups in total. The maximum atomic E-state index is 12.7. The lowest BCUT2D eigenvalue weighted by Crippen LogP contribution is -2.43. The summed E-state index contributed by atoms with van der Waals surface area (Å²) in [6, 6.07) is 1.85. The second-order valence-electron chi connectivity index (χ2n) is 7.63. The zero-order chi connectivity index (χ0) is 30.2. The van der Waals surface area contributed by atoms with E-state index in [4.69, 9.17) is 20.9 Å². The van der Waals surface area contributed by atoms with Crippen LogP contribution in [0.1, 0.15) is 20.7 Å². The van der Waals surface area contributed by atoms with Crippen molar-refractivity contribution in [3.63, 3.8) is 0 Å². The first-order valence-electron chi connectivity index (χ1n) is 11.3. The van der Waals surface area contributed by atoms with Gasteiger partial charge in [0.05, 0.1) is 26.3 Å². The van der Waals surface area contributed by atoms with Crippen molar-refractivity contribution in [3.05, 3.63) is 35.4 Å². The van der Waals surface area contributed by atoms with Gasteiger partial charge in [0.2, 0.25) is 10.2 Å². The number of esters is 2. The van der Waals surface area contributed by atoms with E-state index >= 15 is 0 Å². The van der Waals surface area contributed by atoms with Gasteiger partial charge in [0.15, 0.2) is 0 Å². The van der Waals surface area contributed by atoms with E-state index < -0.39 is 47.9 Å². The predicted molar refractivity (Wildman–Crippen MR) is 167 cm³/mol. The highest BCUT2D eigenvalue weighted by Gasteiger charge is 2.26. The number of methoxy groups -OCH3 is 2. The van der Waals surface area contributed by atoms with Crippen molar-refractivity contribution in [1.82, 2.24) is 10.6 Å². The molecule has 2 amide bonds.